The first-order chi connectivity index (χ1) is 22.5. The van der Waals surface area contributed by atoms with Crippen molar-refractivity contribution in [1.29, 1.82) is 0 Å². The van der Waals surface area contributed by atoms with E-state index in [4.69, 9.17) is 23.7 Å². The Hall–Kier alpha value is -2.65. The Morgan fingerprint density at radius 1 is 0.308 bits per heavy atom. The van der Waals surface area contributed by atoms with Crippen LogP contribution in [0.4, 0.5) is 0 Å². The largest absolute Gasteiger partial charge is 0.460 e. The summed E-state index contributed by atoms with van der Waals surface area (Å²) in [6.45, 7) is 38.4. The van der Waals surface area contributed by atoms with Gasteiger partial charge in [-0.3, -0.25) is 24.0 Å². The van der Waals surface area contributed by atoms with Gasteiger partial charge in [0.25, 0.3) is 0 Å². The highest BCUT2D eigenvalue weighted by Gasteiger charge is 2.57. The van der Waals surface area contributed by atoms with E-state index in [2.05, 4.69) is 0 Å². The maximum atomic E-state index is 14.6. The molecule has 0 aromatic carbocycles. The number of hydrogen-bond donors (Lipinski definition) is 0. The second kappa shape index (κ2) is 16.0. The molecule has 0 aliphatic rings. The van der Waals surface area contributed by atoms with E-state index in [9.17, 15) is 24.0 Å². The van der Waals surface area contributed by atoms with Crippen molar-refractivity contribution in [3.05, 3.63) is 0 Å². The molecule has 0 spiro atoms. The Balaban J connectivity index is 7.81. The average molecular weight is 741 g/mol. The molecule has 0 aliphatic carbocycles. The molecule has 4 atom stereocenters. The third-order valence-electron chi connectivity index (χ3n) is 8.47. The first-order valence-electron chi connectivity index (χ1n) is 18.7. The van der Waals surface area contributed by atoms with Crippen LogP contribution in [0.25, 0.3) is 0 Å². The summed E-state index contributed by atoms with van der Waals surface area (Å²) in [5.74, 6) is -2.85. The highest BCUT2D eigenvalue weighted by atomic mass is 16.6. The van der Waals surface area contributed by atoms with Gasteiger partial charge in [0.1, 0.15) is 28.0 Å². The fraction of sp³-hybridized carbons (Fsp3) is 0.881. The summed E-state index contributed by atoms with van der Waals surface area (Å²) in [6.07, 6.45) is -0.0540. The van der Waals surface area contributed by atoms with E-state index in [-0.39, 0.29) is 25.7 Å². The van der Waals surface area contributed by atoms with Gasteiger partial charge < -0.3 is 23.7 Å². The van der Waals surface area contributed by atoms with Gasteiger partial charge >= 0.3 is 29.8 Å². The van der Waals surface area contributed by atoms with Crippen LogP contribution in [0.15, 0.2) is 0 Å². The molecule has 0 N–H and O–H groups in total. The van der Waals surface area contributed by atoms with Crippen molar-refractivity contribution in [2.75, 3.05) is 0 Å². The van der Waals surface area contributed by atoms with Gasteiger partial charge in [-0.2, -0.15) is 0 Å². The van der Waals surface area contributed by atoms with Crippen LogP contribution in [0.5, 0.6) is 0 Å². The molecule has 0 saturated heterocycles. The molecule has 0 bridgehead atoms. The minimum atomic E-state index is -1.54. The lowest BCUT2D eigenvalue weighted by Crippen LogP contribution is -2.51. The van der Waals surface area contributed by atoms with Crippen molar-refractivity contribution in [2.45, 2.75) is 212 Å². The summed E-state index contributed by atoms with van der Waals surface area (Å²) in [5.41, 5.74) is -11.1. The van der Waals surface area contributed by atoms with Gasteiger partial charge in [0.15, 0.2) is 0 Å². The van der Waals surface area contributed by atoms with Gasteiger partial charge in [-0.15, -0.1) is 0 Å². The number of carbonyl (C=O) groups is 5. The Labute approximate surface area is 316 Å². The number of esters is 5. The van der Waals surface area contributed by atoms with E-state index in [1.165, 1.54) is 0 Å². The SMILES string of the molecule is CCC(C)(CC(C)(CC(C)(CC(C)(CC(C)(C)C(=O)OC(C)(C)C)C(=O)OC(C)(C)C)C(=O)OC(C)(C)C)C(=O)OC(C)(C)C)C(=O)OC(C)(C)C. The van der Waals surface area contributed by atoms with Crippen LogP contribution in [0.2, 0.25) is 0 Å². The molecular formula is C42H76O10. The van der Waals surface area contributed by atoms with Crippen LogP contribution in [0.1, 0.15) is 184 Å². The maximum Gasteiger partial charge on any atom is 0.312 e. The fourth-order valence-electron chi connectivity index (χ4n) is 6.61. The van der Waals surface area contributed by atoms with Gasteiger partial charge in [-0.05, 0) is 178 Å². The highest BCUT2D eigenvalue weighted by Crippen LogP contribution is 2.53. The number of carbonyl (C=O) groups excluding carboxylic acids is 5. The second-order valence-electron chi connectivity index (χ2n) is 21.7. The first kappa shape index (κ1) is 49.4. The van der Waals surface area contributed by atoms with Crippen LogP contribution in [0, 0.1) is 27.1 Å². The molecule has 4 unspecified atom stereocenters. The monoisotopic (exact) mass is 741 g/mol. The molecule has 0 aliphatic heterocycles. The molecule has 0 aromatic heterocycles. The summed E-state index contributed by atoms with van der Waals surface area (Å²) in [6, 6.07) is 0. The molecule has 10 heteroatoms. The predicted octanol–water partition coefficient (Wildman–Crippen LogP) is 9.72. The lowest BCUT2D eigenvalue weighted by atomic mass is 9.59. The molecule has 0 amide bonds. The van der Waals surface area contributed by atoms with E-state index in [1.54, 1.807) is 145 Å². The quantitative estimate of drug-likeness (QED) is 0.125. The van der Waals surface area contributed by atoms with Crippen LogP contribution in [-0.4, -0.2) is 57.9 Å². The number of rotatable bonds is 14. The standard InChI is InChI=1S/C42H76O10/c1-23-39(19,29(44)49-34(5,6)7)25-41(21,31(46)51-36(11,12)13)27-42(22,32(47)52-37(14,15)16)26-40(20,30(45)50-35(8,9)10)24-38(17,18)28(43)48-33(2,3)4/h23-27H2,1-22H3. The lowest BCUT2D eigenvalue weighted by Gasteiger charge is -2.46. The van der Waals surface area contributed by atoms with Crippen molar-refractivity contribution in [2.24, 2.45) is 27.1 Å². The number of hydrogen-bond acceptors (Lipinski definition) is 10. The van der Waals surface area contributed by atoms with Crippen molar-refractivity contribution in [3.63, 3.8) is 0 Å². The third kappa shape index (κ3) is 16.2. The molecule has 0 aromatic rings. The minimum absolute atomic E-state index is 0.0226. The van der Waals surface area contributed by atoms with Crippen LogP contribution in [-0.2, 0) is 47.7 Å². The summed E-state index contributed by atoms with van der Waals surface area (Å²) in [7, 11) is 0. The predicted molar refractivity (Wildman–Crippen MR) is 204 cm³/mol. The molecule has 0 fully saturated rings. The smallest absolute Gasteiger partial charge is 0.312 e. The van der Waals surface area contributed by atoms with Crippen molar-refractivity contribution >= 4 is 29.8 Å². The van der Waals surface area contributed by atoms with Gasteiger partial charge in [0, 0.05) is 0 Å². The minimum Gasteiger partial charge on any atom is -0.460 e. The van der Waals surface area contributed by atoms with Crippen molar-refractivity contribution in [1.82, 2.24) is 0 Å². The molecule has 0 heterocycles. The first-order valence-corrected chi connectivity index (χ1v) is 18.7. The maximum absolute atomic E-state index is 14.6. The van der Waals surface area contributed by atoms with Gasteiger partial charge in [0.05, 0.1) is 27.1 Å². The van der Waals surface area contributed by atoms with E-state index in [0.717, 1.165) is 0 Å². The molecule has 304 valence electrons. The molecule has 0 rings (SSSR count). The zero-order chi connectivity index (χ0) is 42.0. The van der Waals surface area contributed by atoms with Crippen LogP contribution < -0.4 is 0 Å². The second-order valence-corrected chi connectivity index (χ2v) is 21.7. The van der Waals surface area contributed by atoms with Crippen molar-refractivity contribution in [3.8, 4) is 0 Å². The lowest BCUT2D eigenvalue weighted by molar-refractivity contribution is -0.185. The topological polar surface area (TPSA) is 132 Å². The Bertz CT molecular complexity index is 1290. The zero-order valence-corrected chi connectivity index (χ0v) is 37.1. The Morgan fingerprint density at radius 3 is 0.731 bits per heavy atom. The molecule has 10 nitrogen and oxygen atoms in total. The normalized spacial score (nSPS) is 18.0. The third-order valence-corrected chi connectivity index (χ3v) is 8.47. The fourth-order valence-corrected chi connectivity index (χ4v) is 6.61. The van der Waals surface area contributed by atoms with Crippen LogP contribution >= 0.6 is 0 Å². The molecule has 0 saturated carbocycles. The van der Waals surface area contributed by atoms with Gasteiger partial charge in [-0.1, -0.05) is 6.92 Å². The molecule has 52 heavy (non-hydrogen) atoms. The van der Waals surface area contributed by atoms with Gasteiger partial charge in [-0.25, -0.2) is 0 Å². The van der Waals surface area contributed by atoms with E-state index in [0.29, 0.717) is 6.42 Å². The summed E-state index contributed by atoms with van der Waals surface area (Å²) in [5, 5.41) is 0. The van der Waals surface area contributed by atoms with Gasteiger partial charge in [0.2, 0.25) is 0 Å². The summed E-state index contributed by atoms with van der Waals surface area (Å²) in [4.78, 5) is 70.7. The number of ether oxygens (including phenoxy) is 5. The average Bonchev–Trinajstić information content (AvgIpc) is 2.82. The van der Waals surface area contributed by atoms with E-state index < -0.39 is 84.9 Å². The highest BCUT2D eigenvalue weighted by molar-refractivity contribution is 5.85. The van der Waals surface area contributed by atoms with Crippen LogP contribution in [0.3, 0.4) is 0 Å². The van der Waals surface area contributed by atoms with E-state index >= 15 is 0 Å². The molecular weight excluding hydrogens is 664 g/mol. The van der Waals surface area contributed by atoms with Crippen molar-refractivity contribution < 1.29 is 47.7 Å². The molecule has 0 radical (unpaired) electrons. The Morgan fingerprint density at radius 2 is 0.500 bits per heavy atom. The zero-order valence-electron chi connectivity index (χ0n) is 37.1. The van der Waals surface area contributed by atoms with E-state index in [1.807, 2.05) is 6.92 Å². The summed E-state index contributed by atoms with van der Waals surface area (Å²) >= 11 is 0. The summed E-state index contributed by atoms with van der Waals surface area (Å²) < 4.78 is 29.6. The Kier molecular flexibility index (Phi) is 15.2.